The van der Waals surface area contributed by atoms with E-state index in [1.807, 2.05) is 13.8 Å². The van der Waals surface area contributed by atoms with Gasteiger partial charge in [-0.25, -0.2) is 9.36 Å². The van der Waals surface area contributed by atoms with Gasteiger partial charge in [0.2, 0.25) is 0 Å². The number of aromatic amines is 1. The molecular formula is C14H14N2O4. The van der Waals surface area contributed by atoms with E-state index in [9.17, 15) is 14.4 Å². The zero-order valence-electron chi connectivity index (χ0n) is 11.1. The summed E-state index contributed by atoms with van der Waals surface area (Å²) < 4.78 is 0.949. The Morgan fingerprint density at radius 2 is 1.95 bits per heavy atom. The summed E-state index contributed by atoms with van der Waals surface area (Å²) in [4.78, 5) is 37.1. The van der Waals surface area contributed by atoms with E-state index in [-0.39, 0.29) is 5.56 Å². The normalized spacial score (nSPS) is 10.5. The third-order valence-electron chi connectivity index (χ3n) is 3.14. The minimum atomic E-state index is -1.12. The summed E-state index contributed by atoms with van der Waals surface area (Å²) in [6.45, 7) is 3.80. The van der Waals surface area contributed by atoms with E-state index in [4.69, 9.17) is 5.11 Å². The molecule has 1 aromatic heterocycles. The summed E-state index contributed by atoms with van der Waals surface area (Å²) in [6.07, 6.45) is 0.719. The molecule has 0 aliphatic rings. The van der Waals surface area contributed by atoms with Crippen LogP contribution in [0.1, 0.15) is 16.7 Å². The van der Waals surface area contributed by atoms with Crippen molar-refractivity contribution in [1.82, 2.24) is 9.55 Å². The molecule has 6 nitrogen and oxygen atoms in total. The smallest absolute Gasteiger partial charge is 0.332 e. The number of aromatic nitrogens is 2. The number of rotatable bonds is 3. The van der Waals surface area contributed by atoms with E-state index < -0.39 is 23.6 Å². The van der Waals surface area contributed by atoms with Crippen LogP contribution in [-0.4, -0.2) is 20.6 Å². The number of carboxylic acid groups (broad SMARTS) is 1. The van der Waals surface area contributed by atoms with Crippen molar-refractivity contribution in [1.29, 1.82) is 0 Å². The predicted molar refractivity (Wildman–Crippen MR) is 73.5 cm³/mol. The molecule has 0 amide bonds. The number of aliphatic carboxylic acids is 1. The van der Waals surface area contributed by atoms with E-state index in [0.717, 1.165) is 21.9 Å². The average molecular weight is 274 g/mol. The first-order valence-corrected chi connectivity index (χ1v) is 6.03. The van der Waals surface area contributed by atoms with E-state index in [1.165, 1.54) is 0 Å². The van der Waals surface area contributed by atoms with Gasteiger partial charge >= 0.3 is 11.7 Å². The Balaban J connectivity index is 2.67. The third kappa shape index (κ3) is 2.54. The molecule has 0 aliphatic heterocycles. The van der Waals surface area contributed by atoms with Crippen LogP contribution in [0.25, 0.3) is 5.69 Å². The van der Waals surface area contributed by atoms with E-state index >= 15 is 0 Å². The highest BCUT2D eigenvalue weighted by atomic mass is 16.4. The summed E-state index contributed by atoms with van der Waals surface area (Å²) in [7, 11) is 0. The average Bonchev–Trinajstić information content (AvgIpc) is 2.37. The first-order chi connectivity index (χ1) is 9.40. The highest BCUT2D eigenvalue weighted by Gasteiger charge is 2.12. The predicted octanol–water partition coefficient (Wildman–Crippen LogP) is 0.770. The number of hydrogen-bond acceptors (Lipinski definition) is 3. The SMILES string of the molecule is Cc1ccc(-n2c(=O)[nH]cc(CC(=O)O)c2=O)cc1C. The van der Waals surface area contributed by atoms with Crippen LogP contribution in [0.3, 0.4) is 0 Å². The van der Waals surface area contributed by atoms with Gasteiger partial charge < -0.3 is 10.1 Å². The van der Waals surface area contributed by atoms with Crippen molar-refractivity contribution in [3.05, 3.63) is 61.9 Å². The Morgan fingerprint density at radius 3 is 2.55 bits per heavy atom. The zero-order chi connectivity index (χ0) is 14.9. The monoisotopic (exact) mass is 274 g/mol. The molecule has 2 N–H and O–H groups in total. The number of nitrogens with zero attached hydrogens (tertiary/aromatic N) is 1. The standard InChI is InChI=1S/C14H14N2O4/c1-8-3-4-11(5-9(8)2)16-13(19)10(6-12(17)18)7-15-14(16)20/h3-5,7H,6H2,1-2H3,(H,15,20)(H,17,18). The Hall–Kier alpha value is -2.63. The van der Waals surface area contributed by atoms with Crippen LogP contribution in [-0.2, 0) is 11.2 Å². The lowest BCUT2D eigenvalue weighted by Crippen LogP contribution is -2.36. The van der Waals surface area contributed by atoms with Crippen LogP contribution < -0.4 is 11.2 Å². The number of nitrogens with one attached hydrogen (secondary N) is 1. The van der Waals surface area contributed by atoms with Crippen molar-refractivity contribution in [2.75, 3.05) is 0 Å². The Labute approximate surface area is 114 Å². The second kappa shape index (κ2) is 5.16. The van der Waals surface area contributed by atoms with Gasteiger partial charge in [-0.05, 0) is 37.1 Å². The first kappa shape index (κ1) is 13.8. The van der Waals surface area contributed by atoms with E-state index in [0.29, 0.717) is 5.69 Å². The maximum atomic E-state index is 12.2. The van der Waals surface area contributed by atoms with E-state index in [2.05, 4.69) is 4.98 Å². The highest BCUT2D eigenvalue weighted by molar-refractivity contribution is 5.69. The largest absolute Gasteiger partial charge is 0.481 e. The molecule has 0 saturated carbocycles. The number of carboxylic acids is 1. The number of hydrogen-bond donors (Lipinski definition) is 2. The van der Waals surface area contributed by atoms with Crippen molar-refractivity contribution in [2.45, 2.75) is 20.3 Å². The molecule has 0 unspecified atom stereocenters. The molecule has 2 aromatic rings. The summed E-state index contributed by atoms with van der Waals surface area (Å²) >= 11 is 0. The van der Waals surface area contributed by atoms with Crippen molar-refractivity contribution >= 4 is 5.97 Å². The second-order valence-electron chi connectivity index (χ2n) is 4.60. The molecule has 0 spiro atoms. The lowest BCUT2D eigenvalue weighted by molar-refractivity contribution is -0.136. The molecule has 0 aliphatic carbocycles. The van der Waals surface area contributed by atoms with Gasteiger partial charge in [-0.3, -0.25) is 9.59 Å². The van der Waals surface area contributed by atoms with Gasteiger partial charge in [-0.15, -0.1) is 0 Å². The molecule has 0 fully saturated rings. The minimum absolute atomic E-state index is 0.0373. The summed E-state index contributed by atoms with van der Waals surface area (Å²) in [5.74, 6) is -1.12. The summed E-state index contributed by atoms with van der Waals surface area (Å²) in [6, 6.07) is 5.18. The summed E-state index contributed by atoms with van der Waals surface area (Å²) in [5.41, 5.74) is 1.24. The number of carbonyl (C=O) groups is 1. The molecule has 0 saturated heterocycles. The molecule has 1 aromatic carbocycles. The molecule has 0 bridgehead atoms. The molecule has 20 heavy (non-hydrogen) atoms. The minimum Gasteiger partial charge on any atom is -0.481 e. The number of H-pyrrole nitrogens is 1. The van der Waals surface area contributed by atoms with Gasteiger partial charge in [-0.2, -0.15) is 0 Å². The van der Waals surface area contributed by atoms with Crippen LogP contribution in [0.4, 0.5) is 0 Å². The highest BCUT2D eigenvalue weighted by Crippen LogP contribution is 2.11. The Kier molecular flexibility index (Phi) is 3.56. The molecule has 2 rings (SSSR count). The molecule has 104 valence electrons. The van der Waals surface area contributed by atoms with Crippen LogP contribution >= 0.6 is 0 Å². The molecule has 0 atom stereocenters. The van der Waals surface area contributed by atoms with Crippen molar-refractivity contribution in [2.24, 2.45) is 0 Å². The molecular weight excluding hydrogens is 260 g/mol. The first-order valence-electron chi connectivity index (χ1n) is 6.03. The van der Waals surface area contributed by atoms with Gasteiger partial charge in [0.05, 0.1) is 12.1 Å². The fourth-order valence-corrected chi connectivity index (χ4v) is 1.90. The van der Waals surface area contributed by atoms with Crippen molar-refractivity contribution in [3.63, 3.8) is 0 Å². The van der Waals surface area contributed by atoms with Crippen molar-refractivity contribution in [3.8, 4) is 5.69 Å². The van der Waals surface area contributed by atoms with Gasteiger partial charge in [0, 0.05) is 11.8 Å². The number of benzene rings is 1. The maximum absolute atomic E-state index is 12.2. The zero-order valence-corrected chi connectivity index (χ0v) is 11.1. The molecule has 0 radical (unpaired) electrons. The van der Waals surface area contributed by atoms with Crippen LogP contribution in [0, 0.1) is 13.8 Å². The second-order valence-corrected chi connectivity index (χ2v) is 4.60. The Bertz CT molecular complexity index is 786. The molecule has 6 heteroatoms. The Morgan fingerprint density at radius 1 is 1.25 bits per heavy atom. The lowest BCUT2D eigenvalue weighted by atomic mass is 10.1. The lowest BCUT2D eigenvalue weighted by Gasteiger charge is -2.08. The van der Waals surface area contributed by atoms with Crippen LogP contribution in [0.15, 0.2) is 34.0 Å². The molecule has 1 heterocycles. The topological polar surface area (TPSA) is 92.2 Å². The fraction of sp³-hybridized carbons (Fsp3) is 0.214. The number of aryl methyl sites for hydroxylation is 2. The van der Waals surface area contributed by atoms with Gasteiger partial charge in [0.1, 0.15) is 0 Å². The fourth-order valence-electron chi connectivity index (χ4n) is 1.90. The maximum Gasteiger partial charge on any atom is 0.332 e. The van der Waals surface area contributed by atoms with Crippen molar-refractivity contribution < 1.29 is 9.90 Å². The third-order valence-corrected chi connectivity index (χ3v) is 3.14. The van der Waals surface area contributed by atoms with Gasteiger partial charge in [-0.1, -0.05) is 6.07 Å². The summed E-state index contributed by atoms with van der Waals surface area (Å²) in [5, 5.41) is 8.76. The van der Waals surface area contributed by atoms with Gasteiger partial charge in [0.25, 0.3) is 5.56 Å². The van der Waals surface area contributed by atoms with E-state index in [1.54, 1.807) is 18.2 Å². The van der Waals surface area contributed by atoms with Crippen LogP contribution in [0.2, 0.25) is 0 Å². The quantitative estimate of drug-likeness (QED) is 0.864. The van der Waals surface area contributed by atoms with Crippen LogP contribution in [0.5, 0.6) is 0 Å². The van der Waals surface area contributed by atoms with Gasteiger partial charge in [0.15, 0.2) is 0 Å².